The van der Waals surface area contributed by atoms with E-state index >= 15 is 0 Å². The molecule has 1 fully saturated rings. The molecule has 1 aliphatic rings. The fraction of sp³-hybridized carbons (Fsp3) is 0.333. The molecule has 0 unspecified atom stereocenters. The Hall–Kier alpha value is -3.00. The number of rotatable bonds is 9. The van der Waals surface area contributed by atoms with Crippen LogP contribution in [0.25, 0.3) is 0 Å². The monoisotopic (exact) mass is 576 g/mol. The van der Waals surface area contributed by atoms with E-state index in [1.165, 1.54) is 7.11 Å². The van der Waals surface area contributed by atoms with Crippen molar-refractivity contribution in [3.05, 3.63) is 68.3 Å². The van der Waals surface area contributed by atoms with Crippen LogP contribution in [0.15, 0.2) is 24.3 Å². The van der Waals surface area contributed by atoms with Gasteiger partial charge >= 0.3 is 5.97 Å². The van der Waals surface area contributed by atoms with Crippen LogP contribution < -0.4 is 15.0 Å². The molecule has 1 N–H and O–H groups in total. The van der Waals surface area contributed by atoms with Crippen LogP contribution in [-0.2, 0) is 11.3 Å². The molecule has 2 heterocycles. The van der Waals surface area contributed by atoms with Crippen LogP contribution in [-0.4, -0.2) is 62.3 Å². The van der Waals surface area contributed by atoms with Gasteiger partial charge in [-0.25, -0.2) is 22.9 Å². The summed E-state index contributed by atoms with van der Waals surface area (Å²) in [7, 11) is 1.47. The number of hydrogen-bond donors (Lipinski definition) is 1. The van der Waals surface area contributed by atoms with Crippen LogP contribution in [0.4, 0.5) is 33.5 Å². The molecule has 1 saturated heterocycles. The van der Waals surface area contributed by atoms with Gasteiger partial charge < -0.3 is 19.7 Å². The molecular weight excluding hydrogens is 555 g/mol. The van der Waals surface area contributed by atoms with Crippen molar-refractivity contribution in [1.82, 2.24) is 9.88 Å². The Morgan fingerprint density at radius 1 is 1.00 bits per heavy atom. The van der Waals surface area contributed by atoms with E-state index < -0.39 is 40.8 Å². The Labute approximate surface area is 223 Å². The topological polar surface area (TPSA) is 66.9 Å². The Bertz CT molecular complexity index is 1270. The highest BCUT2D eigenvalue weighted by atomic mass is 35.5. The molecule has 0 spiro atoms. The molecule has 38 heavy (non-hydrogen) atoms. The average molecular weight is 577 g/mol. The molecule has 1 aromatic heterocycles. The number of aromatic nitrogens is 1. The first-order valence-electron chi connectivity index (χ1n) is 11.4. The zero-order valence-electron chi connectivity index (χ0n) is 20.0. The SMILES string of the molecule is COCCNc1nc(CN2CCN(c3ccc(Cl)cc3)CC2)sc1C(=O)Oc1c(F)c(F)c(F)c(F)c1F. The van der Waals surface area contributed by atoms with E-state index in [-0.39, 0.29) is 23.8 Å². The van der Waals surface area contributed by atoms with Crippen LogP contribution in [0.3, 0.4) is 0 Å². The number of nitrogens with one attached hydrogen (secondary N) is 1. The molecule has 1 aliphatic heterocycles. The van der Waals surface area contributed by atoms with E-state index in [0.717, 1.165) is 30.1 Å². The maximum absolute atomic E-state index is 14.1. The Morgan fingerprint density at radius 2 is 1.61 bits per heavy atom. The second-order valence-corrected chi connectivity index (χ2v) is 9.75. The van der Waals surface area contributed by atoms with Gasteiger partial charge in [-0.15, -0.1) is 11.3 Å². The van der Waals surface area contributed by atoms with E-state index in [4.69, 9.17) is 16.3 Å². The summed E-state index contributed by atoms with van der Waals surface area (Å²) in [5.41, 5.74) is 1.05. The summed E-state index contributed by atoms with van der Waals surface area (Å²) in [4.78, 5) is 21.3. The molecule has 14 heteroatoms. The van der Waals surface area contributed by atoms with Gasteiger partial charge in [-0.2, -0.15) is 8.78 Å². The van der Waals surface area contributed by atoms with Crippen LogP contribution in [0.5, 0.6) is 5.75 Å². The second kappa shape index (κ2) is 12.2. The van der Waals surface area contributed by atoms with Crippen molar-refractivity contribution >= 4 is 40.4 Å². The smallest absolute Gasteiger partial charge is 0.357 e. The molecule has 7 nitrogen and oxygen atoms in total. The number of carbonyl (C=O) groups excluding carboxylic acids is 1. The number of anilines is 2. The van der Waals surface area contributed by atoms with Crippen molar-refractivity contribution in [2.75, 3.05) is 56.7 Å². The number of ether oxygens (including phenoxy) is 2. The predicted molar refractivity (Wildman–Crippen MR) is 133 cm³/mol. The first kappa shape index (κ1) is 28.0. The normalized spacial score (nSPS) is 14.1. The molecule has 0 bridgehead atoms. The molecule has 0 radical (unpaired) electrons. The highest BCUT2D eigenvalue weighted by Crippen LogP contribution is 2.32. The largest absolute Gasteiger partial charge is 0.416 e. The zero-order valence-corrected chi connectivity index (χ0v) is 21.6. The van der Waals surface area contributed by atoms with Gasteiger partial charge in [-0.05, 0) is 24.3 Å². The van der Waals surface area contributed by atoms with E-state index in [2.05, 4.69) is 24.8 Å². The Morgan fingerprint density at radius 3 is 2.21 bits per heavy atom. The third-order valence-corrected chi connectivity index (χ3v) is 7.01. The summed E-state index contributed by atoms with van der Waals surface area (Å²) in [6.45, 7) is 3.72. The number of thiazole rings is 1. The van der Waals surface area contributed by atoms with Gasteiger partial charge in [0.15, 0.2) is 10.7 Å². The van der Waals surface area contributed by atoms with Gasteiger partial charge in [0.25, 0.3) is 0 Å². The van der Waals surface area contributed by atoms with E-state index in [0.29, 0.717) is 29.7 Å². The molecule has 204 valence electrons. The maximum atomic E-state index is 14.1. The Kier molecular flexibility index (Phi) is 9.03. The van der Waals surface area contributed by atoms with Gasteiger partial charge in [0.05, 0.1) is 13.2 Å². The molecule has 2 aromatic carbocycles. The standard InChI is InChI=1S/C24H22ClF5N4O3S/c1-36-11-6-31-23-22(24(35)37-21-19(29)17(27)16(26)18(28)20(21)30)38-15(32-23)12-33-7-9-34(10-8-33)14-4-2-13(25)3-5-14/h2-5,31H,6-12H2,1H3. The minimum absolute atomic E-state index is 0.0516. The van der Waals surface area contributed by atoms with Crippen LogP contribution in [0.1, 0.15) is 14.7 Å². The minimum atomic E-state index is -2.35. The zero-order chi connectivity index (χ0) is 27.4. The molecule has 0 atom stereocenters. The molecular formula is C24H22ClF5N4O3S. The van der Waals surface area contributed by atoms with Crippen molar-refractivity contribution in [3.63, 3.8) is 0 Å². The van der Waals surface area contributed by atoms with E-state index in [1.807, 2.05) is 24.3 Å². The lowest BCUT2D eigenvalue weighted by atomic mass is 10.2. The summed E-state index contributed by atoms with van der Waals surface area (Å²) in [6.07, 6.45) is 0. The minimum Gasteiger partial charge on any atom is -0.416 e. The molecule has 3 aromatic rings. The van der Waals surface area contributed by atoms with Crippen molar-refractivity contribution in [1.29, 1.82) is 0 Å². The van der Waals surface area contributed by atoms with Crippen molar-refractivity contribution in [2.24, 2.45) is 0 Å². The first-order chi connectivity index (χ1) is 18.2. The lowest BCUT2D eigenvalue weighted by Crippen LogP contribution is -2.45. The summed E-state index contributed by atoms with van der Waals surface area (Å²) < 4.78 is 78.2. The number of nitrogens with zero attached hydrogens (tertiary/aromatic N) is 3. The number of methoxy groups -OCH3 is 1. The van der Waals surface area contributed by atoms with Crippen LogP contribution in [0.2, 0.25) is 5.02 Å². The van der Waals surface area contributed by atoms with Crippen LogP contribution in [0, 0.1) is 29.1 Å². The van der Waals surface area contributed by atoms with Crippen molar-refractivity contribution < 1.29 is 36.2 Å². The first-order valence-corrected chi connectivity index (χ1v) is 12.6. The van der Waals surface area contributed by atoms with Gasteiger partial charge in [0.2, 0.25) is 34.8 Å². The number of benzene rings is 2. The van der Waals surface area contributed by atoms with Gasteiger partial charge in [-0.3, -0.25) is 4.90 Å². The molecule has 0 amide bonds. The number of hydrogen-bond acceptors (Lipinski definition) is 8. The summed E-state index contributed by atoms with van der Waals surface area (Å²) >= 11 is 6.85. The molecule has 0 aliphatic carbocycles. The quantitative estimate of drug-likeness (QED) is 0.0950. The fourth-order valence-electron chi connectivity index (χ4n) is 3.78. The highest BCUT2D eigenvalue weighted by Gasteiger charge is 2.31. The lowest BCUT2D eigenvalue weighted by Gasteiger charge is -2.35. The predicted octanol–water partition coefficient (Wildman–Crippen LogP) is 5.09. The average Bonchev–Trinajstić information content (AvgIpc) is 3.32. The summed E-state index contributed by atoms with van der Waals surface area (Å²) in [5.74, 6) is -14.2. The second-order valence-electron chi connectivity index (χ2n) is 8.23. The fourth-order valence-corrected chi connectivity index (χ4v) is 4.87. The number of halogens is 6. The highest BCUT2D eigenvalue weighted by molar-refractivity contribution is 7.14. The van der Waals surface area contributed by atoms with Crippen molar-refractivity contribution in [3.8, 4) is 5.75 Å². The third kappa shape index (κ3) is 6.17. The van der Waals surface area contributed by atoms with E-state index in [9.17, 15) is 26.7 Å². The lowest BCUT2D eigenvalue weighted by molar-refractivity contribution is 0.0721. The van der Waals surface area contributed by atoms with Crippen LogP contribution >= 0.6 is 22.9 Å². The van der Waals surface area contributed by atoms with Gasteiger partial charge in [-0.1, -0.05) is 11.6 Å². The van der Waals surface area contributed by atoms with Gasteiger partial charge in [0.1, 0.15) is 5.01 Å². The van der Waals surface area contributed by atoms with Crippen molar-refractivity contribution in [2.45, 2.75) is 6.54 Å². The molecule has 4 rings (SSSR count). The van der Waals surface area contributed by atoms with Gasteiger partial charge in [0, 0.05) is 50.5 Å². The third-order valence-electron chi connectivity index (χ3n) is 5.74. The summed E-state index contributed by atoms with van der Waals surface area (Å²) in [5, 5.41) is 4.02. The van der Waals surface area contributed by atoms with E-state index in [1.54, 1.807) is 0 Å². The number of carbonyl (C=O) groups is 1. The molecule has 0 saturated carbocycles. The summed E-state index contributed by atoms with van der Waals surface area (Å²) in [6, 6.07) is 7.53. The maximum Gasteiger partial charge on any atom is 0.357 e. The number of esters is 1. The number of piperazine rings is 1. The Balaban J connectivity index is 1.49.